The minimum Gasteiger partial charge on any atom is -0.444 e. The number of alkyl carbamates (subject to hydrolysis) is 1. The van der Waals surface area contributed by atoms with Gasteiger partial charge in [0.1, 0.15) is 5.60 Å². The van der Waals surface area contributed by atoms with Gasteiger partial charge in [-0.25, -0.2) is 4.79 Å². The largest absolute Gasteiger partial charge is 0.444 e. The summed E-state index contributed by atoms with van der Waals surface area (Å²) < 4.78 is 42.3. The molecule has 7 nitrogen and oxygen atoms in total. The minimum atomic E-state index is -4.18. The number of rotatable bonds is 5. The highest BCUT2D eigenvalue weighted by Crippen LogP contribution is 2.19. The topological polar surface area (TPSA) is 78.0 Å². The van der Waals surface area contributed by atoms with Crippen LogP contribution in [0.1, 0.15) is 27.2 Å². The molecule has 0 saturated carbocycles. The van der Waals surface area contributed by atoms with Gasteiger partial charge in [0, 0.05) is 39.3 Å². The molecule has 3 N–H and O–H groups in total. The van der Waals surface area contributed by atoms with Gasteiger partial charge in [-0.1, -0.05) is 0 Å². The molecule has 1 aliphatic heterocycles. The van der Waals surface area contributed by atoms with Crippen LogP contribution in [0.15, 0.2) is 4.99 Å². The first kappa shape index (κ1) is 25.0. The predicted octanol–water partition coefficient (Wildman–Crippen LogP) is 1.93. The van der Waals surface area contributed by atoms with Crippen LogP contribution in [0.5, 0.6) is 0 Å². The fraction of sp³-hybridized carbons (Fsp3) is 0.867. The van der Waals surface area contributed by atoms with Crippen LogP contribution in [-0.4, -0.2) is 74.5 Å². The maximum Gasteiger partial charge on any atom is 0.407 e. The summed E-state index contributed by atoms with van der Waals surface area (Å²) in [7, 11) is 1.58. The van der Waals surface area contributed by atoms with Gasteiger partial charge >= 0.3 is 12.3 Å². The lowest BCUT2D eigenvalue weighted by Gasteiger charge is -2.21. The Balaban J connectivity index is 0.00000625. The van der Waals surface area contributed by atoms with Crippen LogP contribution in [-0.2, 0) is 4.74 Å². The molecule has 1 fully saturated rings. The van der Waals surface area contributed by atoms with E-state index in [2.05, 4.69) is 20.9 Å². The van der Waals surface area contributed by atoms with Crippen molar-refractivity contribution < 1.29 is 22.7 Å². The first-order valence-electron chi connectivity index (χ1n) is 8.21. The zero-order valence-electron chi connectivity index (χ0n) is 15.6. The Kier molecular flexibility index (Phi) is 10.6. The van der Waals surface area contributed by atoms with Crippen molar-refractivity contribution >= 4 is 36.0 Å². The number of aliphatic imine (C=N–C) groups is 1. The molecule has 1 heterocycles. The number of ether oxygens (including phenoxy) is 1. The predicted molar refractivity (Wildman–Crippen MR) is 105 cm³/mol. The van der Waals surface area contributed by atoms with Crippen molar-refractivity contribution in [2.75, 3.05) is 39.8 Å². The molecule has 0 aromatic carbocycles. The Morgan fingerprint density at radius 3 is 2.38 bits per heavy atom. The summed E-state index contributed by atoms with van der Waals surface area (Å²) in [5.41, 5.74) is -0.556. The molecule has 1 amide bonds. The lowest BCUT2D eigenvalue weighted by atomic mass is 10.2. The molecule has 1 atom stereocenters. The molecule has 0 spiro atoms. The van der Waals surface area contributed by atoms with Crippen LogP contribution in [0.4, 0.5) is 18.0 Å². The van der Waals surface area contributed by atoms with Crippen molar-refractivity contribution in [3.8, 4) is 0 Å². The van der Waals surface area contributed by atoms with Crippen LogP contribution < -0.4 is 16.0 Å². The number of likely N-dealkylation sites (tertiary alicyclic amines) is 1. The van der Waals surface area contributed by atoms with Crippen LogP contribution in [0.2, 0.25) is 0 Å². The fourth-order valence-corrected chi connectivity index (χ4v) is 2.40. The van der Waals surface area contributed by atoms with Crippen LogP contribution in [0, 0.1) is 0 Å². The van der Waals surface area contributed by atoms with Crippen molar-refractivity contribution in [2.45, 2.75) is 45.0 Å². The third kappa shape index (κ3) is 11.6. The zero-order chi connectivity index (χ0) is 19.1. The quantitative estimate of drug-likeness (QED) is 0.235. The summed E-state index contributed by atoms with van der Waals surface area (Å²) in [6.45, 7) is 5.90. The number of carbonyl (C=O) groups excluding carboxylic acids is 1. The van der Waals surface area contributed by atoms with Crippen molar-refractivity contribution in [1.29, 1.82) is 0 Å². The second kappa shape index (κ2) is 11.0. The Labute approximate surface area is 169 Å². The molecule has 0 aliphatic carbocycles. The highest BCUT2D eigenvalue weighted by molar-refractivity contribution is 14.0. The van der Waals surface area contributed by atoms with Gasteiger partial charge in [0.15, 0.2) is 5.96 Å². The van der Waals surface area contributed by atoms with Crippen LogP contribution in [0.3, 0.4) is 0 Å². The molecule has 0 aromatic heterocycles. The highest BCUT2D eigenvalue weighted by Gasteiger charge is 2.34. The molecule has 26 heavy (non-hydrogen) atoms. The molecule has 1 rings (SSSR count). The number of amides is 1. The molecule has 0 bridgehead atoms. The zero-order valence-corrected chi connectivity index (χ0v) is 17.9. The number of nitrogens with one attached hydrogen (secondary N) is 3. The standard InChI is InChI=1S/C15H28F3N5O2.HI/c1-14(2,3)25-13(24)21-7-6-20-12(19-4)22-11-5-8-23(9-11)10-15(16,17)18;/h11H,5-10H2,1-4H3,(H,21,24)(H2,19,20,22);1H. The van der Waals surface area contributed by atoms with Crippen molar-refractivity contribution in [2.24, 2.45) is 4.99 Å². The number of hydrogen-bond donors (Lipinski definition) is 3. The normalized spacial score (nSPS) is 18.9. The molecular weight excluding hydrogens is 466 g/mol. The molecule has 1 unspecified atom stereocenters. The third-order valence-electron chi connectivity index (χ3n) is 3.33. The monoisotopic (exact) mass is 495 g/mol. The molecule has 11 heteroatoms. The Morgan fingerprint density at radius 2 is 1.85 bits per heavy atom. The number of alkyl halides is 3. The summed E-state index contributed by atoms with van der Waals surface area (Å²) in [5.74, 6) is 0.491. The first-order chi connectivity index (χ1) is 11.5. The van der Waals surface area contributed by atoms with Crippen LogP contribution in [0.25, 0.3) is 0 Å². The number of hydrogen-bond acceptors (Lipinski definition) is 4. The molecule has 1 aliphatic rings. The van der Waals surface area contributed by atoms with Crippen molar-refractivity contribution in [3.05, 3.63) is 0 Å². The number of carbonyl (C=O) groups is 1. The van der Waals surface area contributed by atoms with Gasteiger partial charge in [-0.2, -0.15) is 13.2 Å². The van der Waals surface area contributed by atoms with E-state index in [9.17, 15) is 18.0 Å². The van der Waals surface area contributed by atoms with Gasteiger partial charge in [-0.05, 0) is 27.2 Å². The molecular formula is C15H29F3IN5O2. The Hall–Kier alpha value is -0.980. The van der Waals surface area contributed by atoms with Gasteiger partial charge in [0.25, 0.3) is 0 Å². The smallest absolute Gasteiger partial charge is 0.407 e. The van der Waals surface area contributed by atoms with Gasteiger partial charge in [0.2, 0.25) is 0 Å². The minimum absolute atomic E-state index is 0. The third-order valence-corrected chi connectivity index (χ3v) is 3.33. The van der Waals surface area contributed by atoms with Gasteiger partial charge in [-0.15, -0.1) is 24.0 Å². The summed E-state index contributed by atoms with van der Waals surface area (Å²) in [4.78, 5) is 16.9. The van der Waals surface area contributed by atoms with Crippen LogP contribution >= 0.6 is 24.0 Å². The molecule has 154 valence electrons. The lowest BCUT2D eigenvalue weighted by Crippen LogP contribution is -2.47. The van der Waals surface area contributed by atoms with Gasteiger partial charge in [0.05, 0.1) is 6.54 Å². The number of halogens is 4. The van der Waals surface area contributed by atoms with Crippen molar-refractivity contribution in [1.82, 2.24) is 20.9 Å². The van der Waals surface area contributed by atoms with E-state index in [1.54, 1.807) is 27.8 Å². The lowest BCUT2D eigenvalue weighted by molar-refractivity contribution is -0.143. The molecule has 0 radical (unpaired) electrons. The summed E-state index contributed by atoms with van der Waals surface area (Å²) in [5, 5.41) is 8.70. The highest BCUT2D eigenvalue weighted by atomic mass is 127. The SMILES string of the molecule is CN=C(NCCNC(=O)OC(C)(C)C)NC1CCN(CC(F)(F)F)C1.I. The maximum atomic E-state index is 12.4. The van der Waals surface area contributed by atoms with Crippen molar-refractivity contribution in [3.63, 3.8) is 0 Å². The van der Waals surface area contributed by atoms with Gasteiger partial charge in [-0.3, -0.25) is 9.89 Å². The Morgan fingerprint density at radius 1 is 1.23 bits per heavy atom. The van der Waals surface area contributed by atoms with Gasteiger partial charge < -0.3 is 20.7 Å². The second-order valence-electron chi connectivity index (χ2n) is 6.91. The fourth-order valence-electron chi connectivity index (χ4n) is 2.40. The van der Waals surface area contributed by atoms with E-state index in [1.165, 1.54) is 4.90 Å². The first-order valence-corrected chi connectivity index (χ1v) is 8.21. The molecule has 1 saturated heterocycles. The number of nitrogens with zero attached hydrogens (tertiary/aromatic N) is 2. The second-order valence-corrected chi connectivity index (χ2v) is 6.91. The van der Waals surface area contributed by atoms with E-state index in [0.29, 0.717) is 38.6 Å². The summed E-state index contributed by atoms with van der Waals surface area (Å²) >= 11 is 0. The van der Waals surface area contributed by atoms with E-state index < -0.39 is 24.4 Å². The number of guanidine groups is 1. The van der Waals surface area contributed by atoms with E-state index in [-0.39, 0.29) is 30.0 Å². The van der Waals surface area contributed by atoms with E-state index in [1.807, 2.05) is 0 Å². The Bertz CT molecular complexity index is 469. The summed E-state index contributed by atoms with van der Waals surface area (Å²) in [6.07, 6.45) is -4.06. The average molecular weight is 495 g/mol. The average Bonchev–Trinajstić information content (AvgIpc) is 2.85. The van der Waals surface area contributed by atoms with E-state index in [0.717, 1.165) is 0 Å². The van der Waals surface area contributed by atoms with E-state index in [4.69, 9.17) is 4.74 Å². The summed E-state index contributed by atoms with van der Waals surface area (Å²) in [6, 6.07) is -0.0904. The maximum absolute atomic E-state index is 12.4. The molecule has 0 aromatic rings. The van der Waals surface area contributed by atoms with E-state index >= 15 is 0 Å².